The van der Waals surface area contributed by atoms with Gasteiger partial charge in [0.1, 0.15) is 0 Å². The van der Waals surface area contributed by atoms with Gasteiger partial charge in [0.05, 0.1) is 13.0 Å². The van der Waals surface area contributed by atoms with Gasteiger partial charge in [-0.2, -0.15) is 0 Å². The minimum absolute atomic E-state index is 0.0340. The summed E-state index contributed by atoms with van der Waals surface area (Å²) in [6.07, 6.45) is 2.08. The maximum absolute atomic E-state index is 12.0. The first-order valence-corrected chi connectivity index (χ1v) is 8.69. The number of carbonyl (C=O) groups excluding carboxylic acids is 1. The fraction of sp³-hybridized carbons (Fsp3) is 0.438. The van der Waals surface area contributed by atoms with Gasteiger partial charge in [-0.25, -0.2) is 13.1 Å². The van der Waals surface area contributed by atoms with E-state index in [1.165, 1.54) is 13.2 Å². The van der Waals surface area contributed by atoms with Crippen molar-refractivity contribution in [3.05, 3.63) is 41.3 Å². The molecule has 0 aromatic heterocycles. The Morgan fingerprint density at radius 3 is 2.45 bits per heavy atom. The van der Waals surface area contributed by atoms with E-state index in [4.69, 9.17) is 4.74 Å². The summed E-state index contributed by atoms with van der Waals surface area (Å²) in [5, 5.41) is 1.10. The SMILES string of the molecule is COC(=O)C(CNS(=O)(=O)/C=C/c1ccccc1)CC(C)C. The van der Waals surface area contributed by atoms with E-state index in [1.807, 2.05) is 44.2 Å². The highest BCUT2D eigenvalue weighted by atomic mass is 32.2. The standard InChI is InChI=1S/C16H23NO4S/c1-13(2)11-15(16(18)21-3)12-17-22(19,20)10-9-14-7-5-4-6-8-14/h4-10,13,15,17H,11-12H2,1-3H3/b10-9+. The average Bonchev–Trinajstić information content (AvgIpc) is 2.49. The first-order valence-electron chi connectivity index (χ1n) is 7.14. The normalized spacial score (nSPS) is 13.5. The molecule has 122 valence electrons. The molecule has 0 aliphatic rings. The van der Waals surface area contributed by atoms with E-state index >= 15 is 0 Å². The monoisotopic (exact) mass is 325 g/mol. The van der Waals surface area contributed by atoms with Crippen LogP contribution in [0.25, 0.3) is 6.08 Å². The Morgan fingerprint density at radius 2 is 1.91 bits per heavy atom. The Hall–Kier alpha value is -1.66. The number of carbonyl (C=O) groups is 1. The molecule has 0 aliphatic heterocycles. The zero-order valence-electron chi connectivity index (χ0n) is 13.2. The van der Waals surface area contributed by atoms with E-state index in [2.05, 4.69) is 4.72 Å². The number of hydrogen-bond acceptors (Lipinski definition) is 4. The number of sulfonamides is 1. The molecule has 1 unspecified atom stereocenters. The molecule has 0 radical (unpaired) electrons. The first kappa shape index (κ1) is 18.4. The lowest BCUT2D eigenvalue weighted by Crippen LogP contribution is -2.33. The maximum atomic E-state index is 12.0. The molecule has 1 atom stereocenters. The van der Waals surface area contributed by atoms with Crippen molar-refractivity contribution in [3.8, 4) is 0 Å². The lowest BCUT2D eigenvalue weighted by Gasteiger charge is -2.16. The molecular weight excluding hydrogens is 302 g/mol. The van der Waals surface area contributed by atoms with Gasteiger partial charge in [-0.1, -0.05) is 44.2 Å². The fourth-order valence-corrected chi connectivity index (χ4v) is 2.86. The van der Waals surface area contributed by atoms with Crippen molar-refractivity contribution in [3.63, 3.8) is 0 Å². The summed E-state index contributed by atoms with van der Waals surface area (Å²) in [5.41, 5.74) is 0.791. The van der Waals surface area contributed by atoms with Gasteiger partial charge in [-0.3, -0.25) is 4.79 Å². The number of ether oxygens (including phenoxy) is 1. The van der Waals surface area contributed by atoms with Crippen LogP contribution in [0.4, 0.5) is 0 Å². The molecule has 0 bridgehead atoms. The lowest BCUT2D eigenvalue weighted by molar-refractivity contribution is -0.145. The predicted molar refractivity (Wildman–Crippen MR) is 87.4 cm³/mol. The molecule has 0 saturated carbocycles. The van der Waals surface area contributed by atoms with Crippen molar-refractivity contribution in [1.82, 2.24) is 4.72 Å². The zero-order chi connectivity index (χ0) is 16.6. The molecule has 1 aromatic rings. The third kappa shape index (κ3) is 6.87. The van der Waals surface area contributed by atoms with Crippen LogP contribution < -0.4 is 4.72 Å². The van der Waals surface area contributed by atoms with Gasteiger partial charge in [0.2, 0.25) is 10.0 Å². The van der Waals surface area contributed by atoms with Gasteiger partial charge in [0.15, 0.2) is 0 Å². The fourth-order valence-electron chi connectivity index (χ4n) is 2.00. The second-order valence-corrected chi connectivity index (χ2v) is 7.11. The lowest BCUT2D eigenvalue weighted by atomic mass is 9.97. The number of hydrogen-bond donors (Lipinski definition) is 1. The smallest absolute Gasteiger partial charge is 0.309 e. The van der Waals surface area contributed by atoms with E-state index in [0.29, 0.717) is 6.42 Å². The van der Waals surface area contributed by atoms with Crippen LogP contribution in [0.2, 0.25) is 0 Å². The molecule has 0 amide bonds. The summed E-state index contributed by atoms with van der Waals surface area (Å²) in [6.45, 7) is 3.98. The van der Waals surface area contributed by atoms with Gasteiger partial charge < -0.3 is 4.74 Å². The molecule has 0 spiro atoms. The third-order valence-corrected chi connectivity index (χ3v) is 4.12. The summed E-state index contributed by atoms with van der Waals surface area (Å²) in [7, 11) is -2.29. The molecule has 0 heterocycles. The number of benzene rings is 1. The van der Waals surface area contributed by atoms with Gasteiger partial charge >= 0.3 is 5.97 Å². The highest BCUT2D eigenvalue weighted by molar-refractivity contribution is 7.92. The molecule has 0 aliphatic carbocycles. The molecule has 1 rings (SSSR count). The van der Waals surface area contributed by atoms with Crippen molar-refractivity contribution < 1.29 is 17.9 Å². The molecule has 5 nitrogen and oxygen atoms in total. The van der Waals surface area contributed by atoms with E-state index in [9.17, 15) is 13.2 Å². The minimum Gasteiger partial charge on any atom is -0.469 e. The summed E-state index contributed by atoms with van der Waals surface area (Å²) >= 11 is 0. The molecular formula is C16H23NO4S. The van der Waals surface area contributed by atoms with Crippen molar-refractivity contribution in [1.29, 1.82) is 0 Å². The molecule has 0 fully saturated rings. The summed E-state index contributed by atoms with van der Waals surface area (Å²) < 4.78 is 31.1. The van der Waals surface area contributed by atoms with Crippen molar-refractivity contribution in [2.45, 2.75) is 20.3 Å². The van der Waals surface area contributed by atoms with E-state index in [0.717, 1.165) is 11.0 Å². The van der Waals surface area contributed by atoms with Crippen molar-refractivity contribution in [2.75, 3.05) is 13.7 Å². The second kappa shape index (κ2) is 8.70. The van der Waals surface area contributed by atoms with Gasteiger partial charge in [0, 0.05) is 12.0 Å². The van der Waals surface area contributed by atoms with Crippen LogP contribution in [0.3, 0.4) is 0 Å². The molecule has 1 aromatic carbocycles. The minimum atomic E-state index is -3.59. The Morgan fingerprint density at radius 1 is 1.27 bits per heavy atom. The third-order valence-electron chi connectivity index (χ3n) is 3.06. The van der Waals surface area contributed by atoms with E-state index < -0.39 is 21.9 Å². The molecule has 22 heavy (non-hydrogen) atoms. The number of rotatable bonds is 8. The largest absolute Gasteiger partial charge is 0.469 e. The maximum Gasteiger partial charge on any atom is 0.309 e. The van der Waals surface area contributed by atoms with Gasteiger partial charge in [-0.15, -0.1) is 0 Å². The quantitative estimate of drug-likeness (QED) is 0.745. The van der Waals surface area contributed by atoms with Gasteiger partial charge in [-0.05, 0) is 24.0 Å². The number of methoxy groups -OCH3 is 1. The molecule has 6 heteroatoms. The predicted octanol–water partition coefficient (Wildman–Crippen LogP) is 2.41. The van der Waals surface area contributed by atoms with E-state index in [1.54, 1.807) is 0 Å². The zero-order valence-corrected chi connectivity index (χ0v) is 14.0. The van der Waals surface area contributed by atoms with Crippen LogP contribution in [-0.4, -0.2) is 28.0 Å². The highest BCUT2D eigenvalue weighted by Gasteiger charge is 2.22. The van der Waals surface area contributed by atoms with Crippen LogP contribution in [-0.2, 0) is 19.6 Å². The summed E-state index contributed by atoms with van der Waals surface area (Å²) in [4.78, 5) is 11.7. The highest BCUT2D eigenvalue weighted by Crippen LogP contribution is 2.13. The van der Waals surface area contributed by atoms with Crippen LogP contribution in [0.5, 0.6) is 0 Å². The van der Waals surface area contributed by atoms with Crippen LogP contribution in [0, 0.1) is 11.8 Å². The molecule has 1 N–H and O–H groups in total. The number of nitrogens with one attached hydrogen (secondary N) is 1. The van der Waals surface area contributed by atoms with E-state index in [-0.39, 0.29) is 12.5 Å². The Kier molecular flexibility index (Phi) is 7.27. The Balaban J connectivity index is 2.66. The van der Waals surface area contributed by atoms with Crippen molar-refractivity contribution in [2.24, 2.45) is 11.8 Å². The average molecular weight is 325 g/mol. The second-order valence-electron chi connectivity index (χ2n) is 5.46. The Bertz CT molecular complexity index is 594. The first-order chi connectivity index (χ1) is 10.3. The van der Waals surface area contributed by atoms with Gasteiger partial charge in [0.25, 0.3) is 0 Å². The molecule has 0 saturated heterocycles. The topological polar surface area (TPSA) is 72.5 Å². The van der Waals surface area contributed by atoms with Crippen LogP contribution >= 0.6 is 0 Å². The van der Waals surface area contributed by atoms with Crippen LogP contribution in [0.1, 0.15) is 25.8 Å². The number of esters is 1. The van der Waals surface area contributed by atoms with Crippen LogP contribution in [0.15, 0.2) is 35.7 Å². The Labute approximate surface area is 132 Å². The van der Waals surface area contributed by atoms with Crippen molar-refractivity contribution >= 4 is 22.1 Å². The summed E-state index contributed by atoms with van der Waals surface area (Å²) in [6, 6.07) is 9.13. The summed E-state index contributed by atoms with van der Waals surface area (Å²) in [5.74, 6) is -0.609.